The number of nitrogens with one attached hydrogen (secondary N) is 3. The fourth-order valence-corrected chi connectivity index (χ4v) is 2.23. The summed E-state index contributed by atoms with van der Waals surface area (Å²) in [6, 6.07) is 12.9. The molecule has 0 fully saturated rings. The lowest BCUT2D eigenvalue weighted by atomic mass is 10.2. The summed E-state index contributed by atoms with van der Waals surface area (Å²) in [6.45, 7) is 2.31. The lowest BCUT2D eigenvalue weighted by Gasteiger charge is -2.07. The number of aryl methyl sites for hydroxylation is 1. The van der Waals surface area contributed by atoms with E-state index in [1.807, 2.05) is 31.2 Å². The Hall–Kier alpha value is -3.02. The maximum atomic E-state index is 11.9. The van der Waals surface area contributed by atoms with Crippen LogP contribution in [0.4, 0.5) is 5.69 Å². The number of rotatable bonds is 5. The van der Waals surface area contributed by atoms with Gasteiger partial charge in [0.25, 0.3) is 0 Å². The Morgan fingerprint density at radius 2 is 1.83 bits per heavy atom. The summed E-state index contributed by atoms with van der Waals surface area (Å²) in [5, 5.41) is 2.78. The summed E-state index contributed by atoms with van der Waals surface area (Å²) in [6.07, 6.45) is 0.246. The maximum absolute atomic E-state index is 11.9. The molecule has 0 atom stereocenters. The summed E-state index contributed by atoms with van der Waals surface area (Å²) in [5.74, 6) is 0.601. The van der Waals surface area contributed by atoms with E-state index in [9.17, 15) is 9.59 Å². The standard InChI is InChI=1S/C17H17N3O3/c1-11-2-5-13(6-3-11)23-9-8-16(21)18-12-4-7-14-15(10-12)20-17(22)19-14/h2-7,10H,8-9H2,1H3,(H,18,21)(H2,19,20,22). The molecule has 118 valence electrons. The highest BCUT2D eigenvalue weighted by Gasteiger charge is 2.05. The number of aromatic nitrogens is 2. The molecule has 0 aliphatic rings. The molecule has 0 spiro atoms. The van der Waals surface area contributed by atoms with Crippen molar-refractivity contribution in [3.05, 3.63) is 58.5 Å². The van der Waals surface area contributed by atoms with Crippen LogP contribution in [-0.2, 0) is 4.79 Å². The number of amides is 1. The minimum atomic E-state index is -0.269. The molecule has 6 nitrogen and oxygen atoms in total. The van der Waals surface area contributed by atoms with Gasteiger partial charge < -0.3 is 20.0 Å². The SMILES string of the molecule is Cc1ccc(OCCC(=O)Nc2ccc3[nH]c(=O)[nH]c3c2)cc1. The maximum Gasteiger partial charge on any atom is 0.323 e. The number of ether oxygens (including phenoxy) is 1. The molecule has 6 heteroatoms. The molecule has 23 heavy (non-hydrogen) atoms. The molecule has 0 radical (unpaired) electrons. The zero-order valence-electron chi connectivity index (χ0n) is 12.7. The molecule has 3 aromatic rings. The third kappa shape index (κ3) is 3.79. The zero-order valence-corrected chi connectivity index (χ0v) is 12.7. The Kier molecular flexibility index (Phi) is 4.14. The lowest BCUT2D eigenvalue weighted by molar-refractivity contribution is -0.116. The second-order valence-electron chi connectivity index (χ2n) is 5.30. The average molecular weight is 311 g/mol. The van der Waals surface area contributed by atoms with Crippen LogP contribution in [0.3, 0.4) is 0 Å². The van der Waals surface area contributed by atoms with Crippen molar-refractivity contribution in [3.63, 3.8) is 0 Å². The van der Waals surface area contributed by atoms with Gasteiger partial charge in [-0.2, -0.15) is 0 Å². The number of hydrogen-bond donors (Lipinski definition) is 3. The predicted molar refractivity (Wildman–Crippen MR) is 88.8 cm³/mol. The first-order valence-electron chi connectivity index (χ1n) is 7.31. The number of benzene rings is 2. The van der Waals surface area contributed by atoms with Gasteiger partial charge in [-0.3, -0.25) is 4.79 Å². The van der Waals surface area contributed by atoms with Crippen LogP contribution in [0.25, 0.3) is 11.0 Å². The van der Waals surface area contributed by atoms with Crippen LogP contribution in [0.2, 0.25) is 0 Å². The Labute approximate surface area is 132 Å². The first kappa shape index (κ1) is 14.9. The first-order valence-corrected chi connectivity index (χ1v) is 7.31. The molecule has 0 unspecified atom stereocenters. The van der Waals surface area contributed by atoms with Gasteiger partial charge in [0.1, 0.15) is 5.75 Å². The van der Waals surface area contributed by atoms with Gasteiger partial charge in [-0.25, -0.2) is 4.79 Å². The molecular formula is C17H17N3O3. The van der Waals surface area contributed by atoms with Crippen LogP contribution >= 0.6 is 0 Å². The van der Waals surface area contributed by atoms with E-state index in [1.165, 1.54) is 0 Å². The van der Waals surface area contributed by atoms with E-state index in [-0.39, 0.29) is 18.0 Å². The normalized spacial score (nSPS) is 10.7. The topological polar surface area (TPSA) is 87.0 Å². The molecule has 1 heterocycles. The molecule has 1 amide bonds. The Morgan fingerprint density at radius 1 is 1.09 bits per heavy atom. The summed E-state index contributed by atoms with van der Waals surface area (Å²) < 4.78 is 5.53. The number of fused-ring (bicyclic) bond motifs is 1. The number of aromatic amines is 2. The molecule has 0 bridgehead atoms. The summed E-state index contributed by atoms with van der Waals surface area (Å²) in [4.78, 5) is 28.4. The van der Waals surface area contributed by atoms with Crippen molar-refractivity contribution >= 4 is 22.6 Å². The highest BCUT2D eigenvalue weighted by molar-refractivity contribution is 5.93. The Balaban J connectivity index is 1.53. The second kappa shape index (κ2) is 6.39. The quantitative estimate of drug-likeness (QED) is 0.677. The van der Waals surface area contributed by atoms with Crippen molar-refractivity contribution in [2.45, 2.75) is 13.3 Å². The van der Waals surface area contributed by atoms with Gasteiger partial charge in [-0.1, -0.05) is 17.7 Å². The molecule has 3 rings (SSSR count). The molecule has 2 aromatic carbocycles. The van der Waals surface area contributed by atoms with Gasteiger partial charge in [0, 0.05) is 5.69 Å². The largest absolute Gasteiger partial charge is 0.493 e. The summed E-state index contributed by atoms with van der Waals surface area (Å²) >= 11 is 0. The first-order chi connectivity index (χ1) is 11.1. The van der Waals surface area contributed by atoms with E-state index < -0.39 is 0 Å². The highest BCUT2D eigenvalue weighted by atomic mass is 16.5. The summed E-state index contributed by atoms with van der Waals surface area (Å²) in [5.41, 5.74) is 2.88. The van der Waals surface area contributed by atoms with E-state index >= 15 is 0 Å². The van der Waals surface area contributed by atoms with Crippen molar-refractivity contribution in [2.24, 2.45) is 0 Å². The minimum Gasteiger partial charge on any atom is -0.493 e. The van der Waals surface area contributed by atoms with E-state index in [2.05, 4.69) is 15.3 Å². The predicted octanol–water partition coefficient (Wildman–Crippen LogP) is 2.57. The third-order valence-electron chi connectivity index (χ3n) is 3.42. The average Bonchev–Trinajstić information content (AvgIpc) is 2.88. The van der Waals surface area contributed by atoms with Crippen molar-refractivity contribution in [1.29, 1.82) is 0 Å². The van der Waals surface area contributed by atoms with E-state index in [1.54, 1.807) is 18.2 Å². The van der Waals surface area contributed by atoms with Gasteiger partial charge >= 0.3 is 5.69 Å². The fourth-order valence-electron chi connectivity index (χ4n) is 2.23. The van der Waals surface area contributed by atoms with E-state index in [4.69, 9.17) is 4.74 Å². The summed E-state index contributed by atoms with van der Waals surface area (Å²) in [7, 11) is 0. The number of H-pyrrole nitrogens is 2. The van der Waals surface area contributed by atoms with Crippen LogP contribution in [0, 0.1) is 6.92 Å². The van der Waals surface area contributed by atoms with E-state index in [0.29, 0.717) is 23.3 Å². The van der Waals surface area contributed by atoms with Gasteiger partial charge in [0.15, 0.2) is 0 Å². The molecule has 0 aliphatic carbocycles. The lowest BCUT2D eigenvalue weighted by Crippen LogP contribution is -2.15. The number of carbonyl (C=O) groups excluding carboxylic acids is 1. The van der Waals surface area contributed by atoms with Gasteiger partial charge in [0.05, 0.1) is 24.1 Å². The zero-order chi connectivity index (χ0) is 16.2. The number of carbonyl (C=O) groups is 1. The third-order valence-corrected chi connectivity index (χ3v) is 3.42. The molecule has 1 aromatic heterocycles. The van der Waals surface area contributed by atoms with Crippen LogP contribution in [0.1, 0.15) is 12.0 Å². The van der Waals surface area contributed by atoms with Gasteiger partial charge in [-0.05, 0) is 37.3 Å². The number of anilines is 1. The fraction of sp³-hybridized carbons (Fsp3) is 0.176. The van der Waals surface area contributed by atoms with Crippen molar-refractivity contribution in [2.75, 3.05) is 11.9 Å². The molecule has 0 saturated carbocycles. The van der Waals surface area contributed by atoms with Gasteiger partial charge in [0.2, 0.25) is 5.91 Å². The van der Waals surface area contributed by atoms with Crippen LogP contribution < -0.4 is 15.7 Å². The highest BCUT2D eigenvalue weighted by Crippen LogP contribution is 2.15. The molecule has 0 saturated heterocycles. The number of imidazole rings is 1. The van der Waals surface area contributed by atoms with Crippen molar-refractivity contribution in [3.8, 4) is 5.75 Å². The smallest absolute Gasteiger partial charge is 0.323 e. The van der Waals surface area contributed by atoms with Crippen LogP contribution in [-0.4, -0.2) is 22.5 Å². The van der Waals surface area contributed by atoms with Crippen LogP contribution in [0.15, 0.2) is 47.3 Å². The molecular weight excluding hydrogens is 294 g/mol. The Bertz CT molecular complexity index is 878. The van der Waals surface area contributed by atoms with Gasteiger partial charge in [-0.15, -0.1) is 0 Å². The number of hydrogen-bond acceptors (Lipinski definition) is 3. The Morgan fingerprint density at radius 3 is 2.61 bits per heavy atom. The monoisotopic (exact) mass is 311 g/mol. The molecule has 0 aliphatic heterocycles. The minimum absolute atomic E-state index is 0.144. The van der Waals surface area contributed by atoms with Crippen molar-refractivity contribution < 1.29 is 9.53 Å². The van der Waals surface area contributed by atoms with Crippen molar-refractivity contribution in [1.82, 2.24) is 9.97 Å². The second-order valence-corrected chi connectivity index (χ2v) is 5.30. The molecule has 3 N–H and O–H groups in total. The van der Waals surface area contributed by atoms with E-state index in [0.717, 1.165) is 11.3 Å². The van der Waals surface area contributed by atoms with Crippen LogP contribution in [0.5, 0.6) is 5.75 Å².